The summed E-state index contributed by atoms with van der Waals surface area (Å²) in [7, 11) is 0. The predicted molar refractivity (Wildman–Crippen MR) is 84.3 cm³/mol. The van der Waals surface area contributed by atoms with Crippen LogP contribution in [0.25, 0.3) is 0 Å². The van der Waals surface area contributed by atoms with E-state index in [0.717, 1.165) is 19.3 Å². The lowest BCUT2D eigenvalue weighted by Crippen LogP contribution is -2.45. The third kappa shape index (κ3) is 3.65. The molecule has 2 amide bonds. The van der Waals surface area contributed by atoms with Crippen LogP contribution in [0.2, 0.25) is 0 Å². The highest BCUT2D eigenvalue weighted by atomic mass is 16.2. The molecule has 5 nitrogen and oxygen atoms in total. The van der Waals surface area contributed by atoms with Crippen LogP contribution < -0.4 is 10.6 Å². The van der Waals surface area contributed by atoms with Crippen molar-refractivity contribution in [1.82, 2.24) is 15.5 Å². The van der Waals surface area contributed by atoms with Gasteiger partial charge in [0, 0.05) is 31.6 Å². The van der Waals surface area contributed by atoms with E-state index in [1.807, 2.05) is 18.2 Å². The third-order valence-corrected chi connectivity index (χ3v) is 4.63. The molecule has 1 aromatic rings. The van der Waals surface area contributed by atoms with Crippen molar-refractivity contribution in [3.8, 4) is 0 Å². The fourth-order valence-electron chi connectivity index (χ4n) is 3.44. The Bertz CT molecular complexity index is 532. The van der Waals surface area contributed by atoms with Gasteiger partial charge < -0.3 is 10.6 Å². The molecule has 2 N–H and O–H groups in total. The van der Waals surface area contributed by atoms with Gasteiger partial charge in [-0.15, -0.1) is 0 Å². The quantitative estimate of drug-likeness (QED) is 0.841. The number of carbonyl (C=O) groups is 2. The monoisotopic (exact) mass is 301 g/mol. The molecular formula is C17H23N3O2. The molecule has 0 aliphatic carbocycles. The van der Waals surface area contributed by atoms with Gasteiger partial charge in [-0.05, 0) is 24.8 Å². The van der Waals surface area contributed by atoms with Crippen molar-refractivity contribution in [3.63, 3.8) is 0 Å². The van der Waals surface area contributed by atoms with Gasteiger partial charge in [0.05, 0.1) is 6.54 Å². The summed E-state index contributed by atoms with van der Waals surface area (Å²) in [4.78, 5) is 26.0. The van der Waals surface area contributed by atoms with Gasteiger partial charge >= 0.3 is 0 Å². The second kappa shape index (κ2) is 6.92. The minimum Gasteiger partial charge on any atom is -0.355 e. The van der Waals surface area contributed by atoms with Crippen molar-refractivity contribution in [2.75, 3.05) is 19.6 Å². The zero-order chi connectivity index (χ0) is 15.4. The first-order chi connectivity index (χ1) is 10.7. The van der Waals surface area contributed by atoms with Crippen LogP contribution in [-0.4, -0.2) is 48.4 Å². The molecule has 2 unspecified atom stereocenters. The number of rotatable bonds is 5. The first-order valence-electron chi connectivity index (χ1n) is 8.05. The molecular weight excluding hydrogens is 278 g/mol. The Kier molecular flexibility index (Phi) is 4.73. The molecule has 1 aromatic carbocycles. The highest BCUT2D eigenvalue weighted by Crippen LogP contribution is 2.27. The van der Waals surface area contributed by atoms with Crippen molar-refractivity contribution >= 4 is 11.8 Å². The van der Waals surface area contributed by atoms with E-state index in [-0.39, 0.29) is 17.9 Å². The van der Waals surface area contributed by atoms with Crippen LogP contribution in [0.15, 0.2) is 30.3 Å². The molecule has 2 saturated heterocycles. The van der Waals surface area contributed by atoms with Crippen molar-refractivity contribution in [1.29, 1.82) is 0 Å². The number of hydrogen-bond donors (Lipinski definition) is 2. The minimum absolute atomic E-state index is 0.0576. The molecule has 3 rings (SSSR count). The first-order valence-corrected chi connectivity index (χ1v) is 8.05. The largest absolute Gasteiger partial charge is 0.355 e. The molecule has 2 fully saturated rings. The second-order valence-electron chi connectivity index (χ2n) is 6.15. The molecule has 2 aliphatic heterocycles. The fraction of sp³-hybridized carbons (Fsp3) is 0.529. The minimum atomic E-state index is 0.0576. The number of nitrogens with zero attached hydrogens (tertiary/aromatic N) is 1. The van der Waals surface area contributed by atoms with Gasteiger partial charge in [0.2, 0.25) is 11.8 Å². The lowest BCUT2D eigenvalue weighted by molar-refractivity contribution is -0.124. The molecule has 0 saturated carbocycles. The molecule has 0 spiro atoms. The van der Waals surface area contributed by atoms with Crippen molar-refractivity contribution in [3.05, 3.63) is 35.9 Å². The predicted octanol–water partition coefficient (Wildman–Crippen LogP) is 0.698. The van der Waals surface area contributed by atoms with Crippen LogP contribution in [0.3, 0.4) is 0 Å². The molecule has 2 aliphatic rings. The molecule has 2 bridgehead atoms. The van der Waals surface area contributed by atoms with Crippen LogP contribution in [0.1, 0.15) is 24.8 Å². The van der Waals surface area contributed by atoms with Crippen molar-refractivity contribution < 1.29 is 9.59 Å². The number of amides is 2. The average molecular weight is 301 g/mol. The molecule has 2 heterocycles. The lowest BCUT2D eigenvalue weighted by atomic mass is 10.1. The zero-order valence-electron chi connectivity index (χ0n) is 12.8. The summed E-state index contributed by atoms with van der Waals surface area (Å²) < 4.78 is 0. The standard InChI is InChI=1S/C17H23N3O2/c21-16-10-14-6-7-15(11-19-16)20(14)12-17(22)18-9-8-13-4-2-1-3-5-13/h1-5,14-15H,6-12H2,(H,18,22)(H,19,21). The Morgan fingerprint density at radius 3 is 2.82 bits per heavy atom. The smallest absolute Gasteiger partial charge is 0.234 e. The number of fused-ring (bicyclic) bond motifs is 2. The van der Waals surface area contributed by atoms with Crippen LogP contribution in [0.5, 0.6) is 0 Å². The first kappa shape index (κ1) is 15.0. The Balaban J connectivity index is 1.46. The number of carbonyl (C=O) groups excluding carboxylic acids is 2. The Labute approximate surface area is 131 Å². The highest BCUT2D eigenvalue weighted by molar-refractivity contribution is 5.79. The summed E-state index contributed by atoms with van der Waals surface area (Å²) in [6.07, 6.45) is 3.46. The number of hydrogen-bond acceptors (Lipinski definition) is 3. The second-order valence-corrected chi connectivity index (χ2v) is 6.15. The summed E-state index contributed by atoms with van der Waals surface area (Å²) >= 11 is 0. The van der Waals surface area contributed by atoms with E-state index in [0.29, 0.717) is 32.1 Å². The van der Waals surface area contributed by atoms with Crippen LogP contribution >= 0.6 is 0 Å². The van der Waals surface area contributed by atoms with Gasteiger partial charge in [0.15, 0.2) is 0 Å². The lowest BCUT2D eigenvalue weighted by Gasteiger charge is -2.26. The van der Waals surface area contributed by atoms with Gasteiger partial charge in [0.25, 0.3) is 0 Å². The van der Waals surface area contributed by atoms with E-state index in [2.05, 4.69) is 27.7 Å². The highest BCUT2D eigenvalue weighted by Gasteiger charge is 2.37. The van der Waals surface area contributed by atoms with E-state index in [1.54, 1.807) is 0 Å². The van der Waals surface area contributed by atoms with Gasteiger partial charge in [-0.3, -0.25) is 14.5 Å². The maximum absolute atomic E-state index is 12.2. The molecule has 0 radical (unpaired) electrons. The van der Waals surface area contributed by atoms with Gasteiger partial charge in [-0.1, -0.05) is 30.3 Å². The summed E-state index contributed by atoms with van der Waals surface area (Å²) in [6.45, 7) is 1.73. The van der Waals surface area contributed by atoms with Gasteiger partial charge in [0.1, 0.15) is 0 Å². The SMILES string of the molecule is O=C1CC2CCC(CN1)N2CC(=O)NCCc1ccccc1. The Morgan fingerprint density at radius 2 is 2.00 bits per heavy atom. The van der Waals surface area contributed by atoms with E-state index in [1.165, 1.54) is 5.56 Å². The number of benzene rings is 1. The van der Waals surface area contributed by atoms with Crippen molar-refractivity contribution in [2.45, 2.75) is 37.8 Å². The van der Waals surface area contributed by atoms with Gasteiger partial charge in [-0.25, -0.2) is 0 Å². The number of nitrogens with one attached hydrogen (secondary N) is 2. The van der Waals surface area contributed by atoms with Crippen LogP contribution in [-0.2, 0) is 16.0 Å². The van der Waals surface area contributed by atoms with E-state index >= 15 is 0 Å². The molecule has 2 atom stereocenters. The van der Waals surface area contributed by atoms with Gasteiger partial charge in [-0.2, -0.15) is 0 Å². The summed E-state index contributed by atoms with van der Waals surface area (Å²) in [5, 5.41) is 5.92. The average Bonchev–Trinajstić information content (AvgIpc) is 2.79. The van der Waals surface area contributed by atoms with Crippen LogP contribution in [0, 0.1) is 0 Å². The zero-order valence-corrected chi connectivity index (χ0v) is 12.8. The topological polar surface area (TPSA) is 61.4 Å². The summed E-state index contributed by atoms with van der Waals surface area (Å²) in [5.41, 5.74) is 1.23. The normalized spacial score (nSPS) is 24.6. The van der Waals surface area contributed by atoms with Crippen LogP contribution in [0.4, 0.5) is 0 Å². The maximum atomic E-state index is 12.2. The van der Waals surface area contributed by atoms with E-state index < -0.39 is 0 Å². The Hall–Kier alpha value is -1.88. The summed E-state index contributed by atoms with van der Waals surface area (Å²) in [6, 6.07) is 10.7. The molecule has 118 valence electrons. The van der Waals surface area contributed by atoms with E-state index in [4.69, 9.17) is 0 Å². The Morgan fingerprint density at radius 1 is 1.23 bits per heavy atom. The summed E-state index contributed by atoms with van der Waals surface area (Å²) in [5.74, 6) is 0.170. The molecule has 0 aromatic heterocycles. The molecule has 5 heteroatoms. The third-order valence-electron chi connectivity index (χ3n) is 4.63. The molecule has 22 heavy (non-hydrogen) atoms. The maximum Gasteiger partial charge on any atom is 0.234 e. The van der Waals surface area contributed by atoms with E-state index in [9.17, 15) is 9.59 Å². The van der Waals surface area contributed by atoms with Crippen molar-refractivity contribution in [2.24, 2.45) is 0 Å². The fourth-order valence-corrected chi connectivity index (χ4v) is 3.44.